The molecule has 0 aliphatic heterocycles. The highest BCUT2D eigenvalue weighted by Gasteiger charge is 2.54. The van der Waals surface area contributed by atoms with Crippen molar-refractivity contribution in [1.82, 2.24) is 15.5 Å². The van der Waals surface area contributed by atoms with Gasteiger partial charge in [0.2, 0.25) is 0 Å². The van der Waals surface area contributed by atoms with Crippen LogP contribution in [-0.4, -0.2) is 34.9 Å². The summed E-state index contributed by atoms with van der Waals surface area (Å²) in [5.41, 5.74) is 0.968. The zero-order valence-corrected chi connectivity index (χ0v) is 14.7. The summed E-state index contributed by atoms with van der Waals surface area (Å²) in [6.07, 6.45) is 2.84. The summed E-state index contributed by atoms with van der Waals surface area (Å²) in [6, 6.07) is 0.0359. The molecule has 0 radical (unpaired) electrons. The molecule has 2 N–H and O–H groups in total. The average molecular weight is 321 g/mol. The molecule has 128 valence electrons. The minimum Gasteiger partial charge on any atom is -0.378 e. The van der Waals surface area contributed by atoms with E-state index in [0.29, 0.717) is 17.9 Å². The van der Waals surface area contributed by atoms with Gasteiger partial charge in [-0.25, -0.2) is 5.10 Å². The topological polar surface area (TPSA) is 84.1 Å². The molecule has 2 unspecified atom stereocenters. The van der Waals surface area contributed by atoms with Crippen molar-refractivity contribution in [3.63, 3.8) is 0 Å². The van der Waals surface area contributed by atoms with Gasteiger partial charge in [-0.15, -0.1) is 0 Å². The summed E-state index contributed by atoms with van der Waals surface area (Å²) in [4.78, 5) is 24.6. The number of nitrogens with zero attached hydrogens (tertiary/aromatic N) is 1. The highest BCUT2D eigenvalue weighted by Crippen LogP contribution is 2.48. The lowest BCUT2D eigenvalue weighted by Crippen LogP contribution is -2.64. The van der Waals surface area contributed by atoms with Crippen LogP contribution in [0.15, 0.2) is 4.79 Å². The van der Waals surface area contributed by atoms with Gasteiger partial charge >= 0.3 is 0 Å². The monoisotopic (exact) mass is 321 g/mol. The van der Waals surface area contributed by atoms with Gasteiger partial charge in [0.25, 0.3) is 11.5 Å². The maximum Gasteiger partial charge on any atom is 0.277 e. The second kappa shape index (κ2) is 6.83. The number of aryl methyl sites for hydroxylation is 1. The summed E-state index contributed by atoms with van der Waals surface area (Å²) < 4.78 is 5.83. The molecule has 6 heteroatoms. The van der Waals surface area contributed by atoms with E-state index in [2.05, 4.69) is 29.4 Å². The average Bonchev–Trinajstić information content (AvgIpc) is 2.51. The van der Waals surface area contributed by atoms with Crippen molar-refractivity contribution in [2.45, 2.75) is 66.0 Å². The molecule has 1 fully saturated rings. The van der Waals surface area contributed by atoms with Gasteiger partial charge in [0, 0.05) is 18.1 Å². The Hall–Kier alpha value is -1.69. The van der Waals surface area contributed by atoms with E-state index >= 15 is 0 Å². The molecule has 1 amide bonds. The summed E-state index contributed by atoms with van der Waals surface area (Å²) in [6.45, 7) is 10.5. The molecule has 6 nitrogen and oxygen atoms in total. The minimum absolute atomic E-state index is 0.0359. The van der Waals surface area contributed by atoms with Crippen LogP contribution < -0.4 is 10.9 Å². The summed E-state index contributed by atoms with van der Waals surface area (Å²) in [5.74, 6) is -0.319. The Balaban J connectivity index is 2.21. The zero-order valence-electron chi connectivity index (χ0n) is 14.7. The van der Waals surface area contributed by atoms with Crippen LogP contribution >= 0.6 is 0 Å². The van der Waals surface area contributed by atoms with Crippen LogP contribution in [0.5, 0.6) is 0 Å². The van der Waals surface area contributed by atoms with Crippen LogP contribution in [0.3, 0.4) is 0 Å². The molecule has 0 aromatic carbocycles. The highest BCUT2D eigenvalue weighted by molar-refractivity contribution is 5.95. The lowest BCUT2D eigenvalue weighted by atomic mass is 9.58. The third-order valence-electron chi connectivity index (χ3n) is 5.47. The number of H-pyrrole nitrogens is 1. The molecule has 23 heavy (non-hydrogen) atoms. The maximum atomic E-state index is 12.6. The number of carbonyl (C=O) groups excluding carboxylic acids is 1. The molecule has 1 aromatic rings. The molecule has 1 aliphatic carbocycles. The quantitative estimate of drug-likeness (QED) is 0.840. The van der Waals surface area contributed by atoms with Crippen LogP contribution in [0, 0.1) is 19.3 Å². The van der Waals surface area contributed by atoms with Gasteiger partial charge in [0.15, 0.2) is 0 Å². The lowest BCUT2D eigenvalue weighted by Gasteiger charge is -2.55. The van der Waals surface area contributed by atoms with Gasteiger partial charge in [-0.2, -0.15) is 5.10 Å². The fourth-order valence-corrected chi connectivity index (χ4v) is 3.71. The Kier molecular flexibility index (Phi) is 5.24. The van der Waals surface area contributed by atoms with Crippen molar-refractivity contribution in [3.8, 4) is 0 Å². The Morgan fingerprint density at radius 1 is 1.35 bits per heavy atom. The molecule has 2 atom stereocenters. The van der Waals surface area contributed by atoms with E-state index in [1.54, 1.807) is 13.8 Å². The van der Waals surface area contributed by atoms with Crippen LogP contribution in [0.2, 0.25) is 0 Å². The molecular formula is C17H27N3O3. The number of aromatic nitrogens is 2. The van der Waals surface area contributed by atoms with Crippen LogP contribution in [0.1, 0.15) is 61.6 Å². The number of nitrogens with one attached hydrogen (secondary N) is 2. The first-order valence-electron chi connectivity index (χ1n) is 8.39. The van der Waals surface area contributed by atoms with Crippen molar-refractivity contribution >= 4 is 5.91 Å². The largest absolute Gasteiger partial charge is 0.378 e. The number of amides is 1. The molecule has 2 rings (SSSR count). The second-order valence-electron chi connectivity index (χ2n) is 6.28. The van der Waals surface area contributed by atoms with E-state index < -0.39 is 5.56 Å². The van der Waals surface area contributed by atoms with E-state index in [0.717, 1.165) is 19.3 Å². The predicted octanol–water partition coefficient (Wildman–Crippen LogP) is 2.10. The van der Waals surface area contributed by atoms with Crippen molar-refractivity contribution < 1.29 is 9.53 Å². The van der Waals surface area contributed by atoms with E-state index in [4.69, 9.17) is 4.74 Å². The third-order valence-corrected chi connectivity index (χ3v) is 5.47. The normalized spacial score (nSPS) is 22.5. The molecule has 1 saturated carbocycles. The standard InChI is InChI=1S/C17H27N3O3/c1-6-17(7-2)12(9-13(17)23-8-3)18-15(21)14-10(4)11(5)19-20-16(14)22/h12-13H,6-9H2,1-5H3,(H,18,21)(H,20,22). The first kappa shape index (κ1) is 17.7. The fourth-order valence-electron chi connectivity index (χ4n) is 3.71. The van der Waals surface area contributed by atoms with Gasteiger partial charge in [0.05, 0.1) is 11.8 Å². The Labute approximate surface area is 137 Å². The van der Waals surface area contributed by atoms with Gasteiger partial charge < -0.3 is 10.1 Å². The van der Waals surface area contributed by atoms with E-state index in [1.807, 2.05) is 6.92 Å². The Morgan fingerprint density at radius 2 is 2.00 bits per heavy atom. The van der Waals surface area contributed by atoms with Crippen molar-refractivity contribution in [3.05, 3.63) is 27.2 Å². The first-order valence-corrected chi connectivity index (χ1v) is 8.39. The minimum atomic E-state index is -0.440. The van der Waals surface area contributed by atoms with E-state index in [9.17, 15) is 9.59 Å². The number of hydrogen-bond acceptors (Lipinski definition) is 4. The van der Waals surface area contributed by atoms with Gasteiger partial charge in [-0.3, -0.25) is 9.59 Å². The molecule has 1 aromatic heterocycles. The van der Waals surface area contributed by atoms with Crippen LogP contribution in [-0.2, 0) is 4.74 Å². The smallest absolute Gasteiger partial charge is 0.277 e. The summed E-state index contributed by atoms with van der Waals surface area (Å²) in [5, 5.41) is 9.34. The van der Waals surface area contributed by atoms with Crippen molar-refractivity contribution in [2.75, 3.05) is 6.61 Å². The SMILES string of the molecule is CCOC1CC(NC(=O)c2c(C)c(C)n[nH]c2=O)C1(CC)CC. The number of carbonyl (C=O) groups is 1. The van der Waals surface area contributed by atoms with E-state index in [1.165, 1.54) is 0 Å². The van der Waals surface area contributed by atoms with Gasteiger partial charge in [-0.1, -0.05) is 13.8 Å². The summed E-state index contributed by atoms with van der Waals surface area (Å²) in [7, 11) is 0. The number of aromatic amines is 1. The molecule has 1 aliphatic rings. The van der Waals surface area contributed by atoms with Gasteiger partial charge in [0.1, 0.15) is 5.56 Å². The number of hydrogen-bond donors (Lipinski definition) is 2. The number of rotatable bonds is 6. The molecule has 0 spiro atoms. The van der Waals surface area contributed by atoms with Gasteiger partial charge in [-0.05, 0) is 45.6 Å². The predicted molar refractivity (Wildman–Crippen MR) is 88.6 cm³/mol. The van der Waals surface area contributed by atoms with Crippen LogP contribution in [0.25, 0.3) is 0 Å². The Bertz CT molecular complexity index is 634. The fraction of sp³-hybridized carbons (Fsp3) is 0.706. The third kappa shape index (κ3) is 2.92. The number of ether oxygens (including phenoxy) is 1. The molecule has 1 heterocycles. The first-order chi connectivity index (χ1) is 10.9. The van der Waals surface area contributed by atoms with Crippen LogP contribution in [0.4, 0.5) is 0 Å². The van der Waals surface area contributed by atoms with Crippen molar-refractivity contribution in [2.24, 2.45) is 5.41 Å². The summed E-state index contributed by atoms with van der Waals surface area (Å²) >= 11 is 0. The Morgan fingerprint density at radius 3 is 2.57 bits per heavy atom. The second-order valence-corrected chi connectivity index (χ2v) is 6.28. The molecule has 0 bridgehead atoms. The molecular weight excluding hydrogens is 294 g/mol. The lowest BCUT2D eigenvalue weighted by molar-refractivity contribution is -0.134. The molecule has 0 saturated heterocycles. The van der Waals surface area contributed by atoms with Crippen molar-refractivity contribution in [1.29, 1.82) is 0 Å². The van der Waals surface area contributed by atoms with E-state index in [-0.39, 0.29) is 29.0 Å². The zero-order chi connectivity index (χ0) is 17.2. The highest BCUT2D eigenvalue weighted by atomic mass is 16.5. The maximum absolute atomic E-state index is 12.6.